The Morgan fingerprint density at radius 3 is 3.00 bits per heavy atom. The molecule has 0 unspecified atom stereocenters. The van der Waals surface area contributed by atoms with Crippen molar-refractivity contribution in [3.63, 3.8) is 0 Å². The number of hydrogen-bond acceptors (Lipinski definition) is 4. The van der Waals surface area contributed by atoms with E-state index in [0.29, 0.717) is 12.2 Å². The lowest BCUT2D eigenvalue weighted by Gasteiger charge is -2.15. The third-order valence-electron chi connectivity index (χ3n) is 3.01. The fourth-order valence-electron chi connectivity index (χ4n) is 1.99. The van der Waals surface area contributed by atoms with Crippen molar-refractivity contribution >= 4 is 11.4 Å². The number of nitro benzene ring substituents is 1. The van der Waals surface area contributed by atoms with Crippen LogP contribution in [0.4, 0.5) is 11.4 Å². The van der Waals surface area contributed by atoms with E-state index >= 15 is 0 Å². The maximum atomic E-state index is 10.9. The van der Waals surface area contributed by atoms with Crippen molar-refractivity contribution in [2.75, 3.05) is 25.0 Å². The van der Waals surface area contributed by atoms with E-state index in [4.69, 9.17) is 0 Å². The van der Waals surface area contributed by atoms with Crippen LogP contribution in [0.3, 0.4) is 0 Å². The molecule has 0 saturated carbocycles. The molecule has 5 nitrogen and oxygen atoms in total. The SMILES string of the molecule is Cc1ccc([N+](=O)[O-])c(NCC2=CCNCC2)c1. The maximum absolute atomic E-state index is 10.9. The Labute approximate surface area is 106 Å². The average Bonchev–Trinajstić information content (AvgIpc) is 2.37. The maximum Gasteiger partial charge on any atom is 0.292 e. The van der Waals surface area contributed by atoms with Crippen molar-refractivity contribution in [2.45, 2.75) is 13.3 Å². The zero-order valence-electron chi connectivity index (χ0n) is 10.4. The van der Waals surface area contributed by atoms with Gasteiger partial charge in [0.1, 0.15) is 5.69 Å². The smallest absolute Gasteiger partial charge is 0.292 e. The highest BCUT2D eigenvalue weighted by atomic mass is 16.6. The summed E-state index contributed by atoms with van der Waals surface area (Å²) in [6.07, 6.45) is 3.13. The Hall–Kier alpha value is -1.88. The van der Waals surface area contributed by atoms with E-state index in [-0.39, 0.29) is 10.6 Å². The fraction of sp³-hybridized carbons (Fsp3) is 0.385. The molecule has 96 valence electrons. The standard InChI is InChI=1S/C13H17N3O2/c1-10-2-3-13(16(17)18)12(8-10)15-9-11-4-6-14-7-5-11/h2-4,8,14-15H,5-7,9H2,1H3. The van der Waals surface area contributed by atoms with Crippen LogP contribution in [0, 0.1) is 17.0 Å². The normalized spacial score (nSPS) is 15.1. The number of nitrogens with one attached hydrogen (secondary N) is 2. The zero-order chi connectivity index (χ0) is 13.0. The lowest BCUT2D eigenvalue weighted by molar-refractivity contribution is -0.384. The second-order valence-electron chi connectivity index (χ2n) is 4.45. The molecule has 1 aliphatic heterocycles. The summed E-state index contributed by atoms with van der Waals surface area (Å²) in [6.45, 7) is 4.46. The van der Waals surface area contributed by atoms with Crippen LogP contribution in [-0.2, 0) is 0 Å². The zero-order valence-corrected chi connectivity index (χ0v) is 10.4. The molecule has 0 atom stereocenters. The highest BCUT2D eigenvalue weighted by molar-refractivity contribution is 5.63. The largest absolute Gasteiger partial charge is 0.376 e. The molecule has 0 radical (unpaired) electrons. The van der Waals surface area contributed by atoms with Crippen LogP contribution in [0.25, 0.3) is 0 Å². The van der Waals surface area contributed by atoms with Crippen LogP contribution in [0.5, 0.6) is 0 Å². The molecule has 0 aliphatic carbocycles. The van der Waals surface area contributed by atoms with Crippen molar-refractivity contribution in [3.8, 4) is 0 Å². The predicted molar refractivity (Wildman–Crippen MR) is 71.9 cm³/mol. The van der Waals surface area contributed by atoms with Crippen molar-refractivity contribution in [2.24, 2.45) is 0 Å². The van der Waals surface area contributed by atoms with E-state index in [1.54, 1.807) is 12.1 Å². The van der Waals surface area contributed by atoms with Crippen LogP contribution in [0.2, 0.25) is 0 Å². The molecule has 0 bridgehead atoms. The summed E-state index contributed by atoms with van der Waals surface area (Å²) in [4.78, 5) is 10.6. The lowest BCUT2D eigenvalue weighted by atomic mass is 10.1. The summed E-state index contributed by atoms with van der Waals surface area (Å²) in [6, 6.07) is 5.13. The van der Waals surface area contributed by atoms with Gasteiger partial charge in [-0.1, -0.05) is 17.7 Å². The number of benzene rings is 1. The number of anilines is 1. The first-order chi connectivity index (χ1) is 8.66. The van der Waals surface area contributed by atoms with Crippen molar-refractivity contribution in [3.05, 3.63) is 45.5 Å². The molecule has 1 aliphatic rings. The van der Waals surface area contributed by atoms with E-state index in [1.807, 2.05) is 13.0 Å². The Morgan fingerprint density at radius 2 is 2.33 bits per heavy atom. The average molecular weight is 247 g/mol. The molecule has 1 aromatic rings. The Bertz CT molecular complexity index is 483. The number of nitro groups is 1. The first-order valence-corrected chi connectivity index (χ1v) is 6.04. The predicted octanol–water partition coefficient (Wildman–Crippen LogP) is 2.23. The quantitative estimate of drug-likeness (QED) is 0.486. The molecule has 0 spiro atoms. The van der Waals surface area contributed by atoms with Crippen LogP contribution in [0.15, 0.2) is 29.8 Å². The topological polar surface area (TPSA) is 67.2 Å². The van der Waals surface area contributed by atoms with Crippen LogP contribution < -0.4 is 10.6 Å². The van der Waals surface area contributed by atoms with Gasteiger partial charge in [-0.2, -0.15) is 0 Å². The van der Waals surface area contributed by atoms with E-state index in [1.165, 1.54) is 5.57 Å². The molecule has 1 aromatic carbocycles. The van der Waals surface area contributed by atoms with Gasteiger partial charge >= 0.3 is 0 Å². The van der Waals surface area contributed by atoms with Crippen molar-refractivity contribution < 1.29 is 4.92 Å². The monoisotopic (exact) mass is 247 g/mol. The highest BCUT2D eigenvalue weighted by Crippen LogP contribution is 2.25. The summed E-state index contributed by atoms with van der Waals surface area (Å²) >= 11 is 0. The molecular formula is C13H17N3O2. The summed E-state index contributed by atoms with van der Waals surface area (Å²) in [5, 5.41) is 17.3. The van der Waals surface area contributed by atoms with Crippen molar-refractivity contribution in [1.82, 2.24) is 5.32 Å². The van der Waals surface area contributed by atoms with Crippen LogP contribution >= 0.6 is 0 Å². The van der Waals surface area contributed by atoms with Gasteiger partial charge in [-0.25, -0.2) is 0 Å². The number of rotatable bonds is 4. The first kappa shape index (κ1) is 12.6. The van der Waals surface area contributed by atoms with E-state index in [9.17, 15) is 10.1 Å². The van der Waals surface area contributed by atoms with Gasteiger partial charge in [-0.15, -0.1) is 0 Å². The molecule has 0 aromatic heterocycles. The molecule has 0 amide bonds. The summed E-state index contributed by atoms with van der Waals surface area (Å²) < 4.78 is 0. The van der Waals surface area contributed by atoms with E-state index in [0.717, 1.165) is 25.1 Å². The minimum absolute atomic E-state index is 0.134. The van der Waals surface area contributed by atoms with Gasteiger partial charge in [0.2, 0.25) is 0 Å². The van der Waals surface area contributed by atoms with Crippen LogP contribution in [-0.4, -0.2) is 24.6 Å². The highest BCUT2D eigenvalue weighted by Gasteiger charge is 2.13. The molecule has 5 heteroatoms. The summed E-state index contributed by atoms with van der Waals surface area (Å²) in [7, 11) is 0. The molecule has 2 rings (SSSR count). The van der Waals surface area contributed by atoms with Gasteiger partial charge < -0.3 is 10.6 Å². The molecule has 1 heterocycles. The Balaban J connectivity index is 2.10. The van der Waals surface area contributed by atoms with Gasteiger partial charge in [0, 0.05) is 19.2 Å². The van der Waals surface area contributed by atoms with Gasteiger partial charge in [-0.05, 0) is 31.5 Å². The Kier molecular flexibility index (Phi) is 3.94. The van der Waals surface area contributed by atoms with E-state index < -0.39 is 0 Å². The van der Waals surface area contributed by atoms with Crippen molar-refractivity contribution in [1.29, 1.82) is 0 Å². The van der Waals surface area contributed by atoms with Gasteiger partial charge in [0.25, 0.3) is 5.69 Å². The minimum atomic E-state index is -0.349. The number of aryl methyl sites for hydroxylation is 1. The Morgan fingerprint density at radius 1 is 1.50 bits per heavy atom. The van der Waals surface area contributed by atoms with Gasteiger partial charge in [0.05, 0.1) is 4.92 Å². The third kappa shape index (κ3) is 3.07. The van der Waals surface area contributed by atoms with E-state index in [2.05, 4.69) is 16.7 Å². The lowest BCUT2D eigenvalue weighted by Crippen LogP contribution is -2.23. The third-order valence-corrected chi connectivity index (χ3v) is 3.01. The van der Waals surface area contributed by atoms with Gasteiger partial charge in [0.15, 0.2) is 0 Å². The molecule has 2 N–H and O–H groups in total. The summed E-state index contributed by atoms with van der Waals surface area (Å²) in [5.41, 5.74) is 3.04. The number of hydrogen-bond donors (Lipinski definition) is 2. The minimum Gasteiger partial charge on any atom is -0.376 e. The summed E-state index contributed by atoms with van der Waals surface area (Å²) in [5.74, 6) is 0. The second kappa shape index (κ2) is 5.64. The fourth-order valence-corrected chi connectivity index (χ4v) is 1.99. The first-order valence-electron chi connectivity index (χ1n) is 6.04. The second-order valence-corrected chi connectivity index (χ2v) is 4.45. The molecule has 0 saturated heterocycles. The number of nitrogens with zero attached hydrogens (tertiary/aromatic N) is 1. The molecular weight excluding hydrogens is 230 g/mol. The molecule has 0 fully saturated rings. The molecule has 18 heavy (non-hydrogen) atoms. The van der Waals surface area contributed by atoms with Crippen LogP contribution in [0.1, 0.15) is 12.0 Å². The van der Waals surface area contributed by atoms with Gasteiger partial charge in [-0.3, -0.25) is 10.1 Å².